The monoisotopic (exact) mass is 498 g/mol. The van der Waals surface area contributed by atoms with Crippen LogP contribution >= 0.6 is 11.8 Å². The summed E-state index contributed by atoms with van der Waals surface area (Å²) in [6.07, 6.45) is 1.53. The molecule has 6 rings (SSSR count). The molecule has 8 heteroatoms. The second kappa shape index (κ2) is 9.70. The number of hydrogen-bond acceptors (Lipinski definition) is 6. The molecule has 3 heterocycles. The number of anilines is 1. The van der Waals surface area contributed by atoms with Gasteiger partial charge in [0, 0.05) is 17.9 Å². The van der Waals surface area contributed by atoms with Crippen molar-refractivity contribution in [3.05, 3.63) is 90.3 Å². The van der Waals surface area contributed by atoms with Gasteiger partial charge in [-0.05, 0) is 55.7 Å². The Morgan fingerprint density at radius 1 is 0.972 bits per heavy atom. The Balaban J connectivity index is 1.30. The van der Waals surface area contributed by atoms with Gasteiger partial charge in [-0.3, -0.25) is 9.36 Å². The number of rotatable bonds is 5. The van der Waals surface area contributed by atoms with Crippen molar-refractivity contribution < 1.29 is 14.3 Å². The minimum Gasteiger partial charge on any atom is -0.485 e. The minimum atomic E-state index is -0.429. The normalized spacial score (nSPS) is 17.4. The maximum absolute atomic E-state index is 13.6. The summed E-state index contributed by atoms with van der Waals surface area (Å²) in [5, 5.41) is 9.31. The molecule has 2 atom stereocenters. The first-order chi connectivity index (χ1) is 17.7. The molecule has 0 N–H and O–H groups in total. The lowest BCUT2D eigenvalue weighted by atomic mass is 10.0. The molecule has 4 aromatic rings. The first-order valence-electron chi connectivity index (χ1n) is 12.1. The molecule has 0 spiro atoms. The summed E-state index contributed by atoms with van der Waals surface area (Å²) in [5.74, 6) is 2.11. The Morgan fingerprint density at radius 2 is 1.72 bits per heavy atom. The number of amides is 1. The van der Waals surface area contributed by atoms with E-state index in [-0.39, 0.29) is 11.2 Å². The lowest BCUT2D eigenvalue weighted by Gasteiger charge is -2.31. The van der Waals surface area contributed by atoms with E-state index in [0.717, 1.165) is 36.5 Å². The van der Waals surface area contributed by atoms with E-state index in [1.807, 2.05) is 89.2 Å². The van der Waals surface area contributed by atoms with Gasteiger partial charge in [-0.1, -0.05) is 60.3 Å². The number of thioether (sulfide) groups is 1. The highest BCUT2D eigenvalue weighted by Crippen LogP contribution is 2.38. The summed E-state index contributed by atoms with van der Waals surface area (Å²) in [4.78, 5) is 15.5. The second-order valence-corrected chi connectivity index (χ2v) is 10.2. The van der Waals surface area contributed by atoms with Crippen LogP contribution in [-0.4, -0.2) is 39.1 Å². The number of carbonyl (C=O) groups excluding carboxylic acids is 1. The van der Waals surface area contributed by atoms with Gasteiger partial charge in [0.2, 0.25) is 5.91 Å². The first kappa shape index (κ1) is 22.7. The van der Waals surface area contributed by atoms with E-state index in [9.17, 15) is 4.79 Å². The molecule has 0 radical (unpaired) electrons. The van der Waals surface area contributed by atoms with E-state index in [4.69, 9.17) is 9.47 Å². The molecule has 0 saturated heterocycles. The molecule has 1 amide bonds. The molecule has 2 aliphatic heterocycles. The molecular weight excluding hydrogens is 472 g/mol. The van der Waals surface area contributed by atoms with Crippen molar-refractivity contribution in [1.29, 1.82) is 0 Å². The Kier molecular flexibility index (Phi) is 6.11. The Bertz CT molecular complexity index is 1390. The maximum Gasteiger partial charge on any atom is 0.240 e. The van der Waals surface area contributed by atoms with Gasteiger partial charge in [-0.2, -0.15) is 0 Å². The van der Waals surface area contributed by atoms with E-state index in [1.54, 1.807) is 0 Å². The smallest absolute Gasteiger partial charge is 0.240 e. The van der Waals surface area contributed by atoms with Gasteiger partial charge in [0.15, 0.2) is 28.6 Å². The molecule has 0 fully saturated rings. The molecule has 182 valence electrons. The number of nitrogens with zero attached hydrogens (tertiary/aromatic N) is 4. The van der Waals surface area contributed by atoms with E-state index < -0.39 is 6.10 Å². The van der Waals surface area contributed by atoms with Crippen molar-refractivity contribution in [2.24, 2.45) is 0 Å². The number of aryl methyl sites for hydroxylation is 1. The predicted octanol–water partition coefficient (Wildman–Crippen LogP) is 5.24. The van der Waals surface area contributed by atoms with Crippen LogP contribution in [0.15, 0.2) is 84.0 Å². The van der Waals surface area contributed by atoms with Crippen LogP contribution in [0.2, 0.25) is 0 Å². The minimum absolute atomic E-state index is 0.0717. The summed E-state index contributed by atoms with van der Waals surface area (Å²) in [6.45, 7) is 2.99. The lowest BCUT2D eigenvalue weighted by Crippen LogP contribution is -2.40. The zero-order chi connectivity index (χ0) is 24.5. The van der Waals surface area contributed by atoms with Crippen LogP contribution in [0.4, 0.5) is 5.69 Å². The van der Waals surface area contributed by atoms with Gasteiger partial charge < -0.3 is 14.4 Å². The largest absolute Gasteiger partial charge is 0.485 e. The van der Waals surface area contributed by atoms with Gasteiger partial charge in [0.1, 0.15) is 6.61 Å². The third kappa shape index (κ3) is 4.22. The van der Waals surface area contributed by atoms with Crippen LogP contribution in [0.25, 0.3) is 5.69 Å². The molecule has 7 nitrogen and oxygen atoms in total. The molecule has 0 unspecified atom stereocenters. The standard InChI is InChI=1S/C28H26N4O3S/c1-19(27(33)31-17-9-11-20-10-5-6-14-22(20)31)36-28-30-29-26(32(28)21-12-3-2-4-13-21)25-18-34-23-15-7-8-16-24(23)35-25/h2-8,10,12-16,19,25H,9,11,17-18H2,1H3/t19-,25-/m1/s1. The SMILES string of the molecule is C[C@@H](Sc1nnc([C@H]2COc3ccccc3O2)n1-c1ccccc1)C(=O)N1CCCc2ccccc21. The highest BCUT2D eigenvalue weighted by Gasteiger charge is 2.32. The molecule has 3 aromatic carbocycles. The van der Waals surface area contributed by atoms with E-state index in [1.165, 1.54) is 17.3 Å². The number of carbonyl (C=O) groups is 1. The molecule has 0 aliphatic carbocycles. The van der Waals surface area contributed by atoms with Crippen LogP contribution in [0.1, 0.15) is 30.8 Å². The van der Waals surface area contributed by atoms with Crippen molar-refractivity contribution in [2.75, 3.05) is 18.1 Å². The predicted molar refractivity (Wildman–Crippen MR) is 139 cm³/mol. The fraction of sp³-hybridized carbons (Fsp3) is 0.250. The third-order valence-corrected chi connectivity index (χ3v) is 7.51. The number of para-hydroxylation sites is 4. The molecule has 2 aliphatic rings. The zero-order valence-electron chi connectivity index (χ0n) is 19.9. The van der Waals surface area contributed by atoms with Gasteiger partial charge in [0.25, 0.3) is 0 Å². The fourth-order valence-corrected chi connectivity index (χ4v) is 5.66. The molecule has 36 heavy (non-hydrogen) atoms. The van der Waals surface area contributed by atoms with Crippen molar-refractivity contribution in [3.8, 4) is 17.2 Å². The Hall–Kier alpha value is -3.78. The maximum atomic E-state index is 13.6. The van der Waals surface area contributed by atoms with Crippen LogP contribution < -0.4 is 14.4 Å². The van der Waals surface area contributed by atoms with E-state index in [0.29, 0.717) is 23.3 Å². The summed E-state index contributed by atoms with van der Waals surface area (Å²) in [6, 6.07) is 25.7. The average Bonchev–Trinajstić information content (AvgIpc) is 3.36. The van der Waals surface area contributed by atoms with Crippen molar-refractivity contribution in [3.63, 3.8) is 0 Å². The van der Waals surface area contributed by atoms with E-state index in [2.05, 4.69) is 16.3 Å². The van der Waals surface area contributed by atoms with Crippen LogP contribution in [0, 0.1) is 0 Å². The van der Waals surface area contributed by atoms with E-state index >= 15 is 0 Å². The highest BCUT2D eigenvalue weighted by atomic mass is 32.2. The van der Waals surface area contributed by atoms with Crippen LogP contribution in [-0.2, 0) is 11.2 Å². The lowest BCUT2D eigenvalue weighted by molar-refractivity contribution is -0.117. The molecule has 0 saturated carbocycles. The highest BCUT2D eigenvalue weighted by molar-refractivity contribution is 8.00. The topological polar surface area (TPSA) is 69.5 Å². The number of fused-ring (bicyclic) bond motifs is 2. The summed E-state index contributed by atoms with van der Waals surface area (Å²) < 4.78 is 14.2. The Labute approximate surface area is 214 Å². The van der Waals surface area contributed by atoms with Crippen molar-refractivity contribution in [1.82, 2.24) is 14.8 Å². The molecule has 0 bridgehead atoms. The second-order valence-electron chi connectivity index (χ2n) is 8.86. The Morgan fingerprint density at radius 3 is 2.58 bits per heavy atom. The number of ether oxygens (including phenoxy) is 2. The van der Waals surface area contributed by atoms with Crippen molar-refractivity contribution in [2.45, 2.75) is 36.3 Å². The summed E-state index contributed by atoms with van der Waals surface area (Å²) in [5.41, 5.74) is 3.14. The summed E-state index contributed by atoms with van der Waals surface area (Å²) in [7, 11) is 0. The number of aromatic nitrogens is 3. The number of hydrogen-bond donors (Lipinski definition) is 0. The van der Waals surface area contributed by atoms with Gasteiger partial charge >= 0.3 is 0 Å². The van der Waals surface area contributed by atoms with Gasteiger partial charge in [0.05, 0.1) is 5.25 Å². The van der Waals surface area contributed by atoms with Crippen LogP contribution in [0.5, 0.6) is 11.5 Å². The van der Waals surface area contributed by atoms with Gasteiger partial charge in [-0.25, -0.2) is 0 Å². The molecular formula is C28H26N4O3S. The average molecular weight is 499 g/mol. The summed E-state index contributed by atoms with van der Waals surface area (Å²) >= 11 is 1.41. The van der Waals surface area contributed by atoms with Crippen LogP contribution in [0.3, 0.4) is 0 Å². The van der Waals surface area contributed by atoms with Crippen molar-refractivity contribution >= 4 is 23.4 Å². The van der Waals surface area contributed by atoms with Gasteiger partial charge in [-0.15, -0.1) is 10.2 Å². The number of benzene rings is 3. The zero-order valence-corrected chi connectivity index (χ0v) is 20.7. The molecule has 1 aromatic heterocycles. The third-order valence-electron chi connectivity index (χ3n) is 6.48. The fourth-order valence-electron chi connectivity index (χ4n) is 4.72. The first-order valence-corrected chi connectivity index (χ1v) is 13.0. The quantitative estimate of drug-likeness (QED) is 0.351.